The van der Waals surface area contributed by atoms with Crippen LogP contribution in [0.15, 0.2) is 54.6 Å². The summed E-state index contributed by atoms with van der Waals surface area (Å²) in [4.78, 5) is 19.2. The summed E-state index contributed by atoms with van der Waals surface area (Å²) in [6.07, 6.45) is 0.242. The van der Waals surface area contributed by atoms with E-state index < -0.39 is 0 Å². The number of nitrogens with zero attached hydrogens (tertiary/aromatic N) is 3. The Kier molecular flexibility index (Phi) is 7.49. The Labute approximate surface area is 174 Å². The predicted molar refractivity (Wildman–Crippen MR) is 118 cm³/mol. The Hall–Kier alpha value is -2.57. The molecule has 3 rings (SSSR count). The number of amides is 2. The van der Waals surface area contributed by atoms with Crippen molar-refractivity contribution in [3.8, 4) is 0 Å². The topological polar surface area (TPSA) is 48.1 Å². The van der Waals surface area contributed by atoms with Crippen molar-refractivity contribution in [3.63, 3.8) is 0 Å². The second-order valence-corrected chi connectivity index (χ2v) is 7.81. The van der Waals surface area contributed by atoms with E-state index in [0.29, 0.717) is 13.1 Å². The molecule has 1 N–H and O–H groups in total. The van der Waals surface area contributed by atoms with Gasteiger partial charge in [0.15, 0.2) is 0 Å². The number of hydrogen-bond acceptors (Lipinski definition) is 4. The molecule has 1 atom stereocenters. The van der Waals surface area contributed by atoms with Crippen molar-refractivity contribution in [2.24, 2.45) is 0 Å². The molecule has 0 aromatic heterocycles. The quantitative estimate of drug-likeness (QED) is 0.778. The Balaban J connectivity index is 1.63. The van der Waals surface area contributed by atoms with Gasteiger partial charge in [0, 0.05) is 44.1 Å². The normalized spacial score (nSPS) is 16.7. The molecule has 1 unspecified atom stereocenters. The minimum Gasteiger partial charge on any atom is -0.375 e. The first-order chi connectivity index (χ1) is 14.0. The second-order valence-electron chi connectivity index (χ2n) is 7.81. The van der Waals surface area contributed by atoms with Crippen molar-refractivity contribution in [1.29, 1.82) is 0 Å². The van der Waals surface area contributed by atoms with Gasteiger partial charge in [-0.15, -0.1) is 0 Å². The lowest BCUT2D eigenvalue weighted by molar-refractivity contribution is 0.0532. The fraction of sp³-hybridized carbons (Fsp3) is 0.435. The third kappa shape index (κ3) is 6.48. The second kappa shape index (κ2) is 10.3. The molecule has 0 spiro atoms. The van der Waals surface area contributed by atoms with Gasteiger partial charge < -0.3 is 24.8 Å². The monoisotopic (exact) mass is 396 g/mol. The van der Waals surface area contributed by atoms with Gasteiger partial charge in [-0.3, -0.25) is 0 Å². The van der Waals surface area contributed by atoms with Crippen LogP contribution < -0.4 is 10.2 Å². The molecule has 0 bridgehead atoms. The van der Waals surface area contributed by atoms with E-state index in [-0.39, 0.29) is 12.1 Å². The zero-order valence-electron chi connectivity index (χ0n) is 17.7. The van der Waals surface area contributed by atoms with Gasteiger partial charge in [-0.05, 0) is 50.8 Å². The molecule has 0 saturated carbocycles. The first kappa shape index (κ1) is 21.1. The Morgan fingerprint density at radius 2 is 1.83 bits per heavy atom. The van der Waals surface area contributed by atoms with E-state index in [1.165, 1.54) is 0 Å². The number of morpholine rings is 1. The van der Waals surface area contributed by atoms with Gasteiger partial charge in [0.1, 0.15) is 0 Å². The van der Waals surface area contributed by atoms with Gasteiger partial charge >= 0.3 is 6.03 Å². The lowest BCUT2D eigenvalue weighted by Gasteiger charge is -2.33. The number of benzene rings is 2. The summed E-state index contributed by atoms with van der Waals surface area (Å²) >= 11 is 0. The van der Waals surface area contributed by atoms with Gasteiger partial charge in [-0.25, -0.2) is 4.79 Å². The van der Waals surface area contributed by atoms with Gasteiger partial charge in [0.2, 0.25) is 0 Å². The maximum Gasteiger partial charge on any atom is 0.322 e. The number of carbonyl (C=O) groups is 1. The van der Waals surface area contributed by atoms with Gasteiger partial charge in [-0.1, -0.05) is 30.3 Å². The lowest BCUT2D eigenvalue weighted by Crippen LogP contribution is -2.41. The van der Waals surface area contributed by atoms with Gasteiger partial charge in [-0.2, -0.15) is 0 Å². The molecule has 1 fully saturated rings. The number of ether oxygens (including phenoxy) is 1. The number of hydrogen-bond donors (Lipinski definition) is 1. The maximum atomic E-state index is 12.9. The van der Waals surface area contributed by atoms with Crippen molar-refractivity contribution in [3.05, 3.63) is 60.2 Å². The third-order valence-corrected chi connectivity index (χ3v) is 5.05. The molecule has 1 saturated heterocycles. The van der Waals surface area contributed by atoms with E-state index in [2.05, 4.69) is 34.2 Å². The smallest absolute Gasteiger partial charge is 0.322 e. The third-order valence-electron chi connectivity index (χ3n) is 5.05. The zero-order valence-corrected chi connectivity index (χ0v) is 17.7. The molecule has 0 radical (unpaired) electrons. The lowest BCUT2D eigenvalue weighted by atomic mass is 10.2. The molecular formula is C23H32N4O2. The molecule has 29 heavy (non-hydrogen) atoms. The summed E-state index contributed by atoms with van der Waals surface area (Å²) in [7, 11) is 4.04. The molecule has 1 heterocycles. The molecule has 2 aromatic rings. The first-order valence-electron chi connectivity index (χ1n) is 10.2. The number of nitrogens with one attached hydrogen (secondary N) is 1. The molecule has 1 aliphatic rings. The molecule has 0 aliphatic carbocycles. The van der Waals surface area contributed by atoms with E-state index in [1.807, 2.05) is 61.5 Å². The highest BCUT2D eigenvalue weighted by Gasteiger charge is 2.18. The van der Waals surface area contributed by atoms with Crippen LogP contribution in [0.5, 0.6) is 0 Å². The molecule has 1 aliphatic heterocycles. The Bertz CT molecular complexity index is 764. The fourth-order valence-electron chi connectivity index (χ4n) is 3.39. The standard InChI is InChI=1S/C23H32N4O2/c1-19-17-26(15-16-29-19)22-11-9-21(10-12-22)24-23(28)27(14-13-25(2)3)18-20-7-5-4-6-8-20/h4-12,19H,13-18H2,1-3H3,(H,24,28). The van der Waals surface area contributed by atoms with E-state index in [0.717, 1.165) is 43.2 Å². The number of likely N-dealkylation sites (N-methyl/N-ethyl adjacent to an activating group) is 1. The van der Waals surface area contributed by atoms with Crippen LogP contribution in [0.3, 0.4) is 0 Å². The molecule has 2 amide bonds. The molecule has 2 aromatic carbocycles. The number of rotatable bonds is 7. The summed E-state index contributed by atoms with van der Waals surface area (Å²) < 4.78 is 5.61. The number of urea groups is 1. The van der Waals surface area contributed by atoms with Crippen LogP contribution in [-0.4, -0.2) is 68.8 Å². The summed E-state index contributed by atoms with van der Waals surface area (Å²) in [5.41, 5.74) is 3.09. The van der Waals surface area contributed by atoms with Crippen molar-refractivity contribution >= 4 is 17.4 Å². The summed E-state index contributed by atoms with van der Waals surface area (Å²) in [5, 5.41) is 3.05. The van der Waals surface area contributed by atoms with E-state index in [4.69, 9.17) is 4.74 Å². The minimum absolute atomic E-state index is 0.0801. The van der Waals surface area contributed by atoms with Crippen molar-refractivity contribution < 1.29 is 9.53 Å². The molecule has 156 valence electrons. The average molecular weight is 397 g/mol. The first-order valence-corrected chi connectivity index (χ1v) is 10.2. The van der Waals surface area contributed by atoms with Gasteiger partial charge in [0.25, 0.3) is 0 Å². The number of carbonyl (C=O) groups excluding carboxylic acids is 1. The average Bonchev–Trinajstić information content (AvgIpc) is 2.72. The van der Waals surface area contributed by atoms with Crippen LogP contribution in [0.1, 0.15) is 12.5 Å². The number of anilines is 2. The summed E-state index contributed by atoms with van der Waals surface area (Å²) in [5.74, 6) is 0. The van der Waals surface area contributed by atoms with Crippen LogP contribution in [0.2, 0.25) is 0 Å². The minimum atomic E-state index is -0.0801. The van der Waals surface area contributed by atoms with Crippen molar-refractivity contribution in [1.82, 2.24) is 9.80 Å². The highest BCUT2D eigenvalue weighted by Crippen LogP contribution is 2.21. The zero-order chi connectivity index (χ0) is 20.6. The van der Waals surface area contributed by atoms with Crippen molar-refractivity contribution in [2.75, 3.05) is 57.1 Å². The SMILES string of the molecule is CC1CN(c2ccc(NC(=O)N(CCN(C)C)Cc3ccccc3)cc2)CCO1. The Morgan fingerprint density at radius 1 is 1.10 bits per heavy atom. The van der Waals surface area contributed by atoms with E-state index >= 15 is 0 Å². The fourth-order valence-corrected chi connectivity index (χ4v) is 3.39. The highest BCUT2D eigenvalue weighted by atomic mass is 16.5. The summed E-state index contributed by atoms with van der Waals surface area (Å²) in [6, 6.07) is 18.1. The van der Waals surface area contributed by atoms with E-state index in [1.54, 1.807) is 0 Å². The van der Waals surface area contributed by atoms with Crippen LogP contribution >= 0.6 is 0 Å². The van der Waals surface area contributed by atoms with Crippen LogP contribution in [-0.2, 0) is 11.3 Å². The molecular weight excluding hydrogens is 364 g/mol. The molecule has 6 nitrogen and oxygen atoms in total. The Morgan fingerprint density at radius 3 is 2.48 bits per heavy atom. The van der Waals surface area contributed by atoms with Crippen LogP contribution in [0, 0.1) is 0 Å². The summed E-state index contributed by atoms with van der Waals surface area (Å²) in [6.45, 7) is 6.69. The van der Waals surface area contributed by atoms with Gasteiger partial charge in [0.05, 0.1) is 12.7 Å². The van der Waals surface area contributed by atoms with Crippen LogP contribution in [0.4, 0.5) is 16.2 Å². The maximum absolute atomic E-state index is 12.9. The molecule has 6 heteroatoms. The predicted octanol–water partition coefficient (Wildman–Crippen LogP) is 3.51. The highest BCUT2D eigenvalue weighted by molar-refractivity contribution is 5.89. The van der Waals surface area contributed by atoms with Crippen LogP contribution in [0.25, 0.3) is 0 Å². The van der Waals surface area contributed by atoms with E-state index in [9.17, 15) is 4.79 Å². The van der Waals surface area contributed by atoms with Crippen molar-refractivity contribution in [2.45, 2.75) is 19.6 Å². The largest absolute Gasteiger partial charge is 0.375 e.